The lowest BCUT2D eigenvalue weighted by atomic mass is 10.2. The van der Waals surface area contributed by atoms with Crippen LogP contribution in [0.25, 0.3) is 0 Å². The van der Waals surface area contributed by atoms with Crippen molar-refractivity contribution in [1.29, 1.82) is 0 Å². The Bertz CT molecular complexity index is 685. The zero-order valence-electron chi connectivity index (χ0n) is 13.0. The Kier molecular flexibility index (Phi) is 4.45. The van der Waals surface area contributed by atoms with Crippen LogP contribution in [0.3, 0.4) is 0 Å². The molecule has 0 radical (unpaired) electrons. The number of anilines is 1. The molecule has 23 heavy (non-hydrogen) atoms. The maximum Gasteiger partial charge on any atom is 0.263 e. The van der Waals surface area contributed by atoms with Crippen LogP contribution in [0.1, 0.15) is 6.42 Å². The zero-order chi connectivity index (χ0) is 16.4. The van der Waals surface area contributed by atoms with Gasteiger partial charge in [0.1, 0.15) is 5.75 Å². The lowest BCUT2D eigenvalue weighted by Crippen LogP contribution is -2.47. The molecule has 7 nitrogen and oxygen atoms in total. The Morgan fingerprint density at radius 1 is 1.17 bits per heavy atom. The molecular formula is C15H20N2O5S. The molecule has 0 aliphatic carbocycles. The maximum absolute atomic E-state index is 12.6. The molecule has 3 rings (SSSR count). The fourth-order valence-corrected chi connectivity index (χ4v) is 3.78. The van der Waals surface area contributed by atoms with E-state index in [0.29, 0.717) is 44.2 Å². The van der Waals surface area contributed by atoms with Crippen LogP contribution in [0, 0.1) is 0 Å². The molecule has 0 N–H and O–H groups in total. The summed E-state index contributed by atoms with van der Waals surface area (Å²) in [5, 5.41) is 0. The topological polar surface area (TPSA) is 76.2 Å². The van der Waals surface area contributed by atoms with E-state index in [1.165, 1.54) is 4.31 Å². The van der Waals surface area contributed by atoms with Gasteiger partial charge in [-0.2, -0.15) is 0 Å². The highest BCUT2D eigenvalue weighted by atomic mass is 32.2. The Labute approximate surface area is 135 Å². The van der Waals surface area contributed by atoms with Gasteiger partial charge in [-0.15, -0.1) is 0 Å². The van der Waals surface area contributed by atoms with Crippen LogP contribution in [-0.4, -0.2) is 64.4 Å². The van der Waals surface area contributed by atoms with E-state index >= 15 is 0 Å². The number of nitrogens with zero attached hydrogens (tertiary/aromatic N) is 2. The Morgan fingerprint density at radius 3 is 2.57 bits per heavy atom. The highest BCUT2D eigenvalue weighted by Gasteiger charge is 2.33. The summed E-state index contributed by atoms with van der Waals surface area (Å²) in [7, 11) is -3.43. The summed E-state index contributed by atoms with van der Waals surface area (Å²) >= 11 is 0. The molecule has 126 valence electrons. The van der Waals surface area contributed by atoms with Crippen molar-refractivity contribution < 1.29 is 22.7 Å². The van der Waals surface area contributed by atoms with E-state index in [4.69, 9.17) is 9.47 Å². The van der Waals surface area contributed by atoms with Crippen molar-refractivity contribution in [3.63, 3.8) is 0 Å². The monoisotopic (exact) mass is 340 g/mol. The number of amides is 1. The summed E-state index contributed by atoms with van der Waals surface area (Å²) in [5.41, 5.74) is 0.479. The maximum atomic E-state index is 12.6. The standard InChI is InChI=1S/C15H20N2O5S/c1-23(19,20)17-7-6-14(15(18)16-8-10-21-11-9-16)22-13-5-3-2-4-12(13)17/h2-5,14H,6-11H2,1H3/t14-/m0/s1. The molecule has 2 aliphatic rings. The SMILES string of the molecule is CS(=O)(=O)N1CC[C@@H](C(=O)N2CCOCC2)Oc2ccccc21. The number of sulfonamides is 1. The highest BCUT2D eigenvalue weighted by molar-refractivity contribution is 7.92. The van der Waals surface area contributed by atoms with Crippen LogP contribution in [0.4, 0.5) is 5.69 Å². The first kappa shape index (κ1) is 16.1. The number of fused-ring (bicyclic) bond motifs is 1. The number of benzene rings is 1. The summed E-state index contributed by atoms with van der Waals surface area (Å²) in [6.07, 6.45) is 0.798. The molecule has 1 aromatic rings. The smallest absolute Gasteiger partial charge is 0.263 e. The van der Waals surface area contributed by atoms with E-state index in [-0.39, 0.29) is 12.5 Å². The predicted molar refractivity (Wildman–Crippen MR) is 85.1 cm³/mol. The molecule has 2 heterocycles. The summed E-state index contributed by atoms with van der Waals surface area (Å²) in [6, 6.07) is 6.90. The Balaban J connectivity index is 1.86. The quantitative estimate of drug-likeness (QED) is 0.782. The molecule has 0 saturated carbocycles. The lowest BCUT2D eigenvalue weighted by molar-refractivity contribution is -0.142. The largest absolute Gasteiger partial charge is 0.478 e. The van der Waals surface area contributed by atoms with Crippen LogP contribution in [0.2, 0.25) is 0 Å². The first-order valence-corrected chi connectivity index (χ1v) is 9.41. The molecule has 1 fully saturated rings. The second-order valence-electron chi connectivity index (χ2n) is 5.64. The van der Waals surface area contributed by atoms with Gasteiger partial charge < -0.3 is 14.4 Å². The van der Waals surface area contributed by atoms with E-state index in [1.807, 2.05) is 0 Å². The van der Waals surface area contributed by atoms with Gasteiger partial charge in [-0.25, -0.2) is 8.42 Å². The number of hydrogen-bond donors (Lipinski definition) is 0. The molecule has 0 spiro atoms. The molecule has 8 heteroatoms. The number of rotatable bonds is 2. The fraction of sp³-hybridized carbons (Fsp3) is 0.533. The second-order valence-corrected chi connectivity index (χ2v) is 7.54. The van der Waals surface area contributed by atoms with Gasteiger partial charge in [-0.1, -0.05) is 12.1 Å². The Hall–Kier alpha value is -1.80. The average molecular weight is 340 g/mol. The highest BCUT2D eigenvalue weighted by Crippen LogP contribution is 2.34. The van der Waals surface area contributed by atoms with Gasteiger partial charge in [0, 0.05) is 26.1 Å². The van der Waals surface area contributed by atoms with E-state index in [9.17, 15) is 13.2 Å². The molecule has 0 unspecified atom stereocenters. The van der Waals surface area contributed by atoms with Crippen molar-refractivity contribution in [3.8, 4) is 5.75 Å². The average Bonchev–Trinajstić information content (AvgIpc) is 2.74. The summed E-state index contributed by atoms with van der Waals surface area (Å²) in [6.45, 7) is 2.33. The first-order valence-electron chi connectivity index (χ1n) is 7.57. The summed E-state index contributed by atoms with van der Waals surface area (Å²) in [4.78, 5) is 14.4. The van der Waals surface area contributed by atoms with Crippen LogP contribution in [0.15, 0.2) is 24.3 Å². The first-order chi connectivity index (χ1) is 11.0. The van der Waals surface area contributed by atoms with Crippen LogP contribution in [-0.2, 0) is 19.6 Å². The van der Waals surface area contributed by atoms with Gasteiger partial charge in [0.2, 0.25) is 10.0 Å². The third-order valence-electron chi connectivity index (χ3n) is 4.00. The molecule has 1 atom stereocenters. The number of carbonyl (C=O) groups excluding carboxylic acids is 1. The fourth-order valence-electron chi connectivity index (χ4n) is 2.84. The van der Waals surface area contributed by atoms with Crippen molar-refractivity contribution in [1.82, 2.24) is 4.90 Å². The molecule has 1 saturated heterocycles. The number of para-hydroxylation sites is 2. The van der Waals surface area contributed by atoms with Gasteiger partial charge in [-0.3, -0.25) is 9.10 Å². The summed E-state index contributed by atoms with van der Waals surface area (Å²) in [5.74, 6) is 0.306. The van der Waals surface area contributed by atoms with Gasteiger partial charge in [-0.05, 0) is 12.1 Å². The number of ether oxygens (including phenoxy) is 2. The van der Waals surface area contributed by atoms with Gasteiger partial charge in [0.25, 0.3) is 5.91 Å². The minimum absolute atomic E-state index is 0.113. The molecule has 1 aromatic carbocycles. The van der Waals surface area contributed by atoms with Crippen molar-refractivity contribution in [2.45, 2.75) is 12.5 Å². The summed E-state index contributed by atoms with van der Waals surface area (Å²) < 4.78 is 36.5. The van der Waals surface area contributed by atoms with Crippen molar-refractivity contribution in [2.24, 2.45) is 0 Å². The van der Waals surface area contributed by atoms with Crippen molar-refractivity contribution >= 4 is 21.6 Å². The molecule has 0 bridgehead atoms. The third-order valence-corrected chi connectivity index (χ3v) is 5.18. The van der Waals surface area contributed by atoms with Crippen molar-refractivity contribution in [3.05, 3.63) is 24.3 Å². The van der Waals surface area contributed by atoms with E-state index in [1.54, 1.807) is 29.2 Å². The van der Waals surface area contributed by atoms with Crippen LogP contribution >= 0.6 is 0 Å². The van der Waals surface area contributed by atoms with E-state index in [0.717, 1.165) is 6.26 Å². The normalized spacial score (nSPS) is 22.0. The van der Waals surface area contributed by atoms with Crippen LogP contribution < -0.4 is 9.04 Å². The number of hydrogen-bond acceptors (Lipinski definition) is 5. The minimum Gasteiger partial charge on any atom is -0.478 e. The number of carbonyl (C=O) groups is 1. The van der Waals surface area contributed by atoms with Gasteiger partial charge in [0.05, 0.1) is 25.2 Å². The third kappa shape index (κ3) is 3.42. The van der Waals surface area contributed by atoms with Crippen LogP contribution in [0.5, 0.6) is 5.75 Å². The zero-order valence-corrected chi connectivity index (χ0v) is 13.8. The Morgan fingerprint density at radius 2 is 1.87 bits per heavy atom. The lowest BCUT2D eigenvalue weighted by Gasteiger charge is -2.30. The molecular weight excluding hydrogens is 320 g/mol. The van der Waals surface area contributed by atoms with Gasteiger partial charge >= 0.3 is 0 Å². The number of morpholine rings is 1. The molecule has 1 amide bonds. The minimum atomic E-state index is -3.43. The predicted octanol–water partition coefficient (Wildman–Crippen LogP) is 0.463. The molecule has 0 aromatic heterocycles. The van der Waals surface area contributed by atoms with E-state index in [2.05, 4.69) is 0 Å². The van der Waals surface area contributed by atoms with Crippen molar-refractivity contribution in [2.75, 3.05) is 43.4 Å². The van der Waals surface area contributed by atoms with E-state index < -0.39 is 16.1 Å². The second kappa shape index (κ2) is 6.37. The molecule has 2 aliphatic heterocycles. The van der Waals surface area contributed by atoms with Gasteiger partial charge in [0.15, 0.2) is 6.10 Å².